The first kappa shape index (κ1) is 28.6. The molecule has 0 bridgehead atoms. The Labute approximate surface area is 232 Å². The summed E-state index contributed by atoms with van der Waals surface area (Å²) < 4.78 is 5.89. The Balaban J connectivity index is 1.26. The number of hydrogen-bond donors (Lipinski definition) is 6. The molecule has 210 valence electrons. The predicted molar refractivity (Wildman–Crippen MR) is 160 cm³/mol. The molecule has 4 aliphatic rings. The van der Waals surface area contributed by atoms with E-state index in [0.717, 1.165) is 47.6 Å². The molecule has 3 aliphatic heterocycles. The molecule has 39 heavy (non-hydrogen) atoms. The maximum Gasteiger partial charge on any atom is 0.123 e. The standard InChI is InChI=1S/C30H44N8O/c1-21(2)38-19-26(20-38)39-11-10-34-17-25(16-32)24-14-28-27(35-18-24)8-9-30(36-28)37-29(33)13-23(15-31)12-22-6-4-3-5-7-22/h8-9,13-18,21-22,26,31,35-36H,3-7,10-12,19-20,32H2,1-2H3,(H2,33,37). The lowest BCUT2D eigenvalue weighted by Crippen LogP contribution is -2.55. The highest BCUT2D eigenvalue weighted by atomic mass is 16.5. The highest BCUT2D eigenvalue weighted by Gasteiger charge is 2.28. The predicted octanol–water partition coefficient (Wildman–Crippen LogP) is 3.82. The van der Waals surface area contributed by atoms with Crippen molar-refractivity contribution < 1.29 is 4.74 Å². The lowest BCUT2D eigenvalue weighted by atomic mass is 9.85. The van der Waals surface area contributed by atoms with Gasteiger partial charge in [-0.05, 0) is 56.1 Å². The van der Waals surface area contributed by atoms with Crippen LogP contribution < -0.4 is 21.7 Å². The number of dihydropyridines is 2. The lowest BCUT2D eigenvalue weighted by Gasteiger charge is -2.41. The molecule has 7 N–H and O–H groups in total. The molecule has 3 heterocycles. The Morgan fingerprint density at radius 2 is 2.03 bits per heavy atom. The molecule has 1 aliphatic carbocycles. The molecule has 0 aromatic heterocycles. The molecule has 1 saturated carbocycles. The third-order valence-corrected chi connectivity index (χ3v) is 7.62. The van der Waals surface area contributed by atoms with Gasteiger partial charge in [0.25, 0.3) is 0 Å². The fourth-order valence-electron chi connectivity index (χ4n) is 5.24. The van der Waals surface area contributed by atoms with E-state index in [9.17, 15) is 0 Å². The molecule has 0 spiro atoms. The highest BCUT2D eigenvalue weighted by Crippen LogP contribution is 2.28. The fraction of sp³-hybridized carbons (Fsp3) is 0.500. The topological polar surface area (TPSA) is 135 Å². The van der Waals surface area contributed by atoms with Crippen molar-refractivity contribution in [2.75, 3.05) is 26.2 Å². The minimum Gasteiger partial charge on any atom is -0.404 e. The normalized spacial score (nSPS) is 21.2. The number of allylic oxidation sites excluding steroid dienone is 6. The number of ether oxygens (including phenoxy) is 1. The summed E-state index contributed by atoms with van der Waals surface area (Å²) >= 11 is 0. The van der Waals surface area contributed by atoms with E-state index in [2.05, 4.69) is 39.7 Å². The van der Waals surface area contributed by atoms with Crippen LogP contribution in [0.3, 0.4) is 0 Å². The average molecular weight is 533 g/mol. The second-order valence-electron chi connectivity index (χ2n) is 10.9. The molecular formula is C30H44N8O. The molecule has 0 aromatic carbocycles. The van der Waals surface area contributed by atoms with E-state index in [1.807, 2.05) is 24.4 Å². The van der Waals surface area contributed by atoms with Crippen LogP contribution in [0, 0.1) is 16.7 Å². The molecule has 0 atom stereocenters. The zero-order valence-corrected chi connectivity index (χ0v) is 23.3. The zero-order chi connectivity index (χ0) is 27.6. The van der Waals surface area contributed by atoms with Crippen molar-refractivity contribution in [3.8, 4) is 0 Å². The number of amidine groups is 1. The number of nitrogens with two attached hydrogens (primary N) is 1. The Bertz CT molecular complexity index is 1110. The summed E-state index contributed by atoms with van der Waals surface area (Å²) in [6, 6.07) is 0.572. The SMILES string of the molecule is CC(C)N1CC(OCCN=CC(=CN)C2=CNC3=CC=C(NC(=N)C=C(C=N)CC4CCCCC4)NC3=C2)C1. The molecular weight excluding hydrogens is 488 g/mol. The zero-order valence-electron chi connectivity index (χ0n) is 23.3. The van der Waals surface area contributed by atoms with Gasteiger partial charge in [-0.1, -0.05) is 32.1 Å². The average Bonchev–Trinajstić information content (AvgIpc) is 2.91. The summed E-state index contributed by atoms with van der Waals surface area (Å²) in [5, 5.41) is 26.0. The first-order chi connectivity index (χ1) is 18.9. The summed E-state index contributed by atoms with van der Waals surface area (Å²) in [7, 11) is 0. The number of rotatable bonds is 12. The quantitative estimate of drug-likeness (QED) is 0.129. The van der Waals surface area contributed by atoms with Crippen molar-refractivity contribution in [1.29, 1.82) is 10.8 Å². The van der Waals surface area contributed by atoms with Crippen molar-refractivity contribution in [3.63, 3.8) is 0 Å². The van der Waals surface area contributed by atoms with Crippen LogP contribution in [0.15, 0.2) is 75.6 Å². The Morgan fingerprint density at radius 3 is 2.74 bits per heavy atom. The molecule has 0 radical (unpaired) electrons. The minimum absolute atomic E-state index is 0.260. The van der Waals surface area contributed by atoms with E-state index in [1.165, 1.54) is 38.3 Å². The van der Waals surface area contributed by atoms with Crippen LogP contribution in [0.1, 0.15) is 52.4 Å². The smallest absolute Gasteiger partial charge is 0.123 e. The minimum atomic E-state index is 0.260. The second kappa shape index (κ2) is 14.1. The van der Waals surface area contributed by atoms with Gasteiger partial charge in [-0.3, -0.25) is 15.3 Å². The van der Waals surface area contributed by atoms with Gasteiger partial charge in [0.2, 0.25) is 0 Å². The summed E-state index contributed by atoms with van der Waals surface area (Å²) in [5.74, 6) is 1.59. The number of nitrogens with one attached hydrogen (secondary N) is 5. The summed E-state index contributed by atoms with van der Waals surface area (Å²) in [5.41, 5.74) is 10.3. The summed E-state index contributed by atoms with van der Waals surface area (Å²) in [6.07, 6.45) is 21.8. The third kappa shape index (κ3) is 8.28. The van der Waals surface area contributed by atoms with Gasteiger partial charge in [-0.25, -0.2) is 0 Å². The van der Waals surface area contributed by atoms with Crippen LogP contribution in [0.25, 0.3) is 0 Å². The van der Waals surface area contributed by atoms with Gasteiger partial charge in [0, 0.05) is 55.1 Å². The molecule has 4 rings (SSSR count). The molecule has 0 aromatic rings. The Morgan fingerprint density at radius 1 is 1.23 bits per heavy atom. The second-order valence-corrected chi connectivity index (χ2v) is 10.9. The van der Waals surface area contributed by atoms with E-state index in [1.54, 1.807) is 18.5 Å². The van der Waals surface area contributed by atoms with Crippen molar-refractivity contribution >= 4 is 18.3 Å². The van der Waals surface area contributed by atoms with Crippen LogP contribution in [0.2, 0.25) is 0 Å². The van der Waals surface area contributed by atoms with Crippen LogP contribution >= 0.6 is 0 Å². The Hall–Kier alpha value is -3.43. The van der Waals surface area contributed by atoms with Crippen molar-refractivity contribution in [2.24, 2.45) is 16.6 Å². The van der Waals surface area contributed by atoms with Gasteiger partial charge in [0.1, 0.15) is 11.7 Å². The highest BCUT2D eigenvalue weighted by molar-refractivity contribution is 5.96. The van der Waals surface area contributed by atoms with Crippen LogP contribution in [-0.2, 0) is 4.74 Å². The molecule has 1 saturated heterocycles. The number of fused-ring (bicyclic) bond motifs is 1. The lowest BCUT2D eigenvalue weighted by molar-refractivity contribution is -0.0635. The van der Waals surface area contributed by atoms with Gasteiger partial charge in [-0.2, -0.15) is 0 Å². The number of hydrogen-bond acceptors (Lipinski definition) is 8. The molecule has 0 unspecified atom stereocenters. The van der Waals surface area contributed by atoms with Crippen molar-refractivity contribution in [3.05, 3.63) is 70.6 Å². The van der Waals surface area contributed by atoms with E-state index in [-0.39, 0.29) is 5.84 Å². The van der Waals surface area contributed by atoms with E-state index in [4.69, 9.17) is 21.3 Å². The first-order valence-electron chi connectivity index (χ1n) is 14.2. The third-order valence-electron chi connectivity index (χ3n) is 7.62. The molecule has 2 fully saturated rings. The molecule has 9 heteroatoms. The van der Waals surface area contributed by atoms with Gasteiger partial charge < -0.3 is 31.8 Å². The van der Waals surface area contributed by atoms with Gasteiger partial charge in [0.15, 0.2) is 0 Å². The van der Waals surface area contributed by atoms with Crippen molar-refractivity contribution in [1.82, 2.24) is 20.9 Å². The summed E-state index contributed by atoms with van der Waals surface area (Å²) in [4.78, 5) is 6.91. The van der Waals surface area contributed by atoms with Crippen molar-refractivity contribution in [2.45, 2.75) is 64.5 Å². The first-order valence-corrected chi connectivity index (χ1v) is 14.2. The van der Waals surface area contributed by atoms with E-state index in [0.29, 0.717) is 37.0 Å². The molecule has 9 nitrogen and oxygen atoms in total. The van der Waals surface area contributed by atoms with Gasteiger partial charge in [0.05, 0.1) is 30.6 Å². The van der Waals surface area contributed by atoms with Crippen LogP contribution in [-0.4, -0.2) is 61.6 Å². The maximum absolute atomic E-state index is 8.43. The maximum atomic E-state index is 8.43. The van der Waals surface area contributed by atoms with Crippen LogP contribution in [0.5, 0.6) is 0 Å². The number of aliphatic imine (C=N–C) groups is 1. The van der Waals surface area contributed by atoms with Gasteiger partial charge in [-0.15, -0.1) is 0 Å². The monoisotopic (exact) mass is 532 g/mol. The van der Waals surface area contributed by atoms with Crippen LogP contribution in [0.4, 0.5) is 0 Å². The number of nitrogens with zero attached hydrogens (tertiary/aromatic N) is 2. The fourth-order valence-corrected chi connectivity index (χ4v) is 5.24. The van der Waals surface area contributed by atoms with E-state index >= 15 is 0 Å². The largest absolute Gasteiger partial charge is 0.404 e. The number of likely N-dealkylation sites (tertiary alicyclic amines) is 1. The Kier molecular flexibility index (Phi) is 10.3. The van der Waals surface area contributed by atoms with Gasteiger partial charge >= 0.3 is 0 Å². The summed E-state index contributed by atoms with van der Waals surface area (Å²) in [6.45, 7) is 7.58. The molecule has 0 amide bonds. The van der Waals surface area contributed by atoms with E-state index < -0.39 is 0 Å².